The fourth-order valence-corrected chi connectivity index (χ4v) is 4.31. The highest BCUT2D eigenvalue weighted by Gasteiger charge is 2.46. The van der Waals surface area contributed by atoms with Crippen LogP contribution in [0.1, 0.15) is 61.4 Å². The Balaban J connectivity index is 2.15. The zero-order valence-corrected chi connectivity index (χ0v) is 16.0. The van der Waals surface area contributed by atoms with Gasteiger partial charge in [-0.05, 0) is 43.9 Å². The van der Waals surface area contributed by atoms with Crippen LogP contribution in [0.15, 0.2) is 60.2 Å². The first-order valence-electron chi connectivity index (χ1n) is 9.57. The first-order chi connectivity index (χ1) is 13.0. The number of carbonyl (C=O) groups excluding carboxylic acids is 1. The van der Waals surface area contributed by atoms with Crippen molar-refractivity contribution in [2.45, 2.75) is 57.5 Å². The van der Waals surface area contributed by atoms with Crippen LogP contribution < -0.4 is 0 Å². The molecule has 1 aliphatic carbocycles. The predicted octanol–water partition coefficient (Wildman–Crippen LogP) is 4.70. The van der Waals surface area contributed by atoms with Gasteiger partial charge in [0.25, 0.3) is 5.91 Å². The minimum atomic E-state index is -0.889. The quantitative estimate of drug-likeness (QED) is 0.770. The third-order valence-corrected chi connectivity index (χ3v) is 5.76. The van der Waals surface area contributed by atoms with E-state index in [0.717, 1.165) is 36.8 Å². The van der Waals surface area contributed by atoms with Crippen molar-refractivity contribution in [2.75, 3.05) is 0 Å². The third-order valence-electron chi connectivity index (χ3n) is 5.76. The van der Waals surface area contributed by atoms with E-state index in [9.17, 15) is 14.7 Å². The molecule has 2 aliphatic rings. The summed E-state index contributed by atoms with van der Waals surface area (Å²) in [6, 6.07) is 6.79. The standard InChI is InChI=1S/C23H27NO3/c1-4-15(2)13-14-16(3)21-20(23(26)27)18-11-7-8-12-19(18)22(25)24(21)17-9-5-6-10-17/h4,7-8,11-14,17,20-21H,1,5-6,9-10H2,2-3H3,(H,26,27)/b15-13-,16-14+/t20-,21?/m0/s1. The van der Waals surface area contributed by atoms with E-state index >= 15 is 0 Å². The van der Waals surface area contributed by atoms with Crippen molar-refractivity contribution < 1.29 is 14.7 Å². The van der Waals surface area contributed by atoms with Crippen molar-refractivity contribution in [3.05, 3.63) is 71.3 Å². The van der Waals surface area contributed by atoms with Crippen molar-refractivity contribution >= 4 is 11.9 Å². The Morgan fingerprint density at radius 3 is 2.48 bits per heavy atom. The lowest BCUT2D eigenvalue weighted by molar-refractivity contribution is -0.140. The summed E-state index contributed by atoms with van der Waals surface area (Å²) < 4.78 is 0. The molecule has 0 radical (unpaired) electrons. The van der Waals surface area contributed by atoms with Crippen LogP contribution in [0.3, 0.4) is 0 Å². The van der Waals surface area contributed by atoms with Gasteiger partial charge in [0, 0.05) is 11.6 Å². The number of carboxylic acid groups (broad SMARTS) is 1. The number of hydrogen-bond donors (Lipinski definition) is 1. The van der Waals surface area contributed by atoms with Crippen LogP contribution in [-0.4, -0.2) is 34.0 Å². The second kappa shape index (κ2) is 7.95. The summed E-state index contributed by atoms with van der Waals surface area (Å²) in [5.41, 5.74) is 3.03. The molecule has 0 bridgehead atoms. The van der Waals surface area contributed by atoms with E-state index in [2.05, 4.69) is 6.58 Å². The molecule has 1 amide bonds. The molecule has 1 heterocycles. The summed E-state index contributed by atoms with van der Waals surface area (Å²) in [5, 5.41) is 10.1. The van der Waals surface area contributed by atoms with Crippen LogP contribution in [0.25, 0.3) is 0 Å². The zero-order valence-electron chi connectivity index (χ0n) is 16.0. The SMILES string of the molecule is C=C/C(C)=C\C=C(/C)C1[C@@H](C(=O)O)c2ccccc2C(=O)N1C1CCCC1. The minimum Gasteiger partial charge on any atom is -0.481 e. The molecule has 4 nitrogen and oxygen atoms in total. The summed E-state index contributed by atoms with van der Waals surface area (Å²) >= 11 is 0. The van der Waals surface area contributed by atoms with Crippen LogP contribution in [-0.2, 0) is 4.79 Å². The fraction of sp³-hybridized carbons (Fsp3) is 0.391. The van der Waals surface area contributed by atoms with Gasteiger partial charge in [0.1, 0.15) is 5.92 Å². The van der Waals surface area contributed by atoms with Gasteiger partial charge < -0.3 is 10.0 Å². The minimum absolute atomic E-state index is 0.0443. The Morgan fingerprint density at radius 1 is 1.19 bits per heavy atom. The number of aliphatic carboxylic acids is 1. The second-order valence-corrected chi connectivity index (χ2v) is 7.52. The molecule has 1 saturated carbocycles. The monoisotopic (exact) mass is 365 g/mol. The number of hydrogen-bond acceptors (Lipinski definition) is 2. The molecule has 27 heavy (non-hydrogen) atoms. The van der Waals surface area contributed by atoms with E-state index < -0.39 is 17.9 Å². The molecule has 1 unspecified atom stereocenters. The normalized spacial score (nSPS) is 24.1. The lowest BCUT2D eigenvalue weighted by Crippen LogP contribution is -2.54. The molecular formula is C23H27NO3. The van der Waals surface area contributed by atoms with Crippen LogP contribution in [0.2, 0.25) is 0 Å². The average molecular weight is 365 g/mol. The Bertz CT molecular complexity index is 815. The van der Waals surface area contributed by atoms with Gasteiger partial charge in [-0.1, -0.05) is 61.4 Å². The number of carbonyl (C=O) groups is 2. The first kappa shape index (κ1) is 19.2. The predicted molar refractivity (Wildman–Crippen MR) is 107 cm³/mol. The maximum Gasteiger partial charge on any atom is 0.313 e. The lowest BCUT2D eigenvalue weighted by Gasteiger charge is -2.44. The Hall–Kier alpha value is -2.62. The molecule has 0 aromatic heterocycles. The molecule has 2 atom stereocenters. The summed E-state index contributed by atoms with van der Waals surface area (Å²) in [6.07, 6.45) is 9.66. The van der Waals surface area contributed by atoms with Gasteiger partial charge >= 0.3 is 5.97 Å². The Morgan fingerprint density at radius 2 is 1.85 bits per heavy atom. The molecule has 3 rings (SSSR count). The summed E-state index contributed by atoms with van der Waals surface area (Å²) in [4.78, 5) is 27.5. The van der Waals surface area contributed by atoms with Gasteiger partial charge in [0.15, 0.2) is 0 Å². The van der Waals surface area contributed by atoms with Gasteiger partial charge in [-0.25, -0.2) is 0 Å². The highest BCUT2D eigenvalue weighted by Crippen LogP contribution is 2.41. The Kier molecular flexibility index (Phi) is 5.64. The number of fused-ring (bicyclic) bond motifs is 1. The number of benzene rings is 1. The number of allylic oxidation sites excluding steroid dienone is 4. The van der Waals surface area contributed by atoms with E-state index in [-0.39, 0.29) is 11.9 Å². The van der Waals surface area contributed by atoms with Gasteiger partial charge in [-0.2, -0.15) is 0 Å². The molecule has 1 N–H and O–H groups in total. The number of nitrogens with zero attached hydrogens (tertiary/aromatic N) is 1. The Labute approximate surface area is 160 Å². The van der Waals surface area contributed by atoms with Crippen molar-refractivity contribution in [2.24, 2.45) is 0 Å². The molecule has 1 aromatic carbocycles. The highest BCUT2D eigenvalue weighted by molar-refractivity contribution is 6.00. The molecule has 0 saturated heterocycles. The van der Waals surface area contributed by atoms with Crippen LogP contribution in [0.4, 0.5) is 0 Å². The van der Waals surface area contributed by atoms with Crippen LogP contribution >= 0.6 is 0 Å². The second-order valence-electron chi connectivity index (χ2n) is 7.52. The van der Waals surface area contributed by atoms with Gasteiger partial charge in [0.2, 0.25) is 0 Å². The summed E-state index contributed by atoms with van der Waals surface area (Å²) in [7, 11) is 0. The van der Waals surface area contributed by atoms with E-state index in [1.807, 2.05) is 43.0 Å². The van der Waals surface area contributed by atoms with Crippen molar-refractivity contribution in [3.63, 3.8) is 0 Å². The summed E-state index contributed by atoms with van der Waals surface area (Å²) in [5.74, 6) is -1.69. The molecule has 142 valence electrons. The van der Waals surface area contributed by atoms with Crippen molar-refractivity contribution in [1.29, 1.82) is 0 Å². The number of amides is 1. The van der Waals surface area contributed by atoms with Crippen LogP contribution in [0, 0.1) is 0 Å². The van der Waals surface area contributed by atoms with Gasteiger partial charge in [-0.15, -0.1) is 0 Å². The number of carboxylic acids is 1. The third kappa shape index (κ3) is 3.61. The van der Waals surface area contributed by atoms with E-state index in [1.165, 1.54) is 0 Å². The maximum atomic E-state index is 13.4. The number of rotatable bonds is 5. The van der Waals surface area contributed by atoms with Gasteiger partial charge in [0.05, 0.1) is 6.04 Å². The molecule has 0 spiro atoms. The van der Waals surface area contributed by atoms with Crippen molar-refractivity contribution in [3.8, 4) is 0 Å². The van der Waals surface area contributed by atoms with E-state index in [0.29, 0.717) is 11.1 Å². The van der Waals surface area contributed by atoms with Crippen molar-refractivity contribution in [1.82, 2.24) is 4.90 Å². The topological polar surface area (TPSA) is 57.6 Å². The highest BCUT2D eigenvalue weighted by atomic mass is 16.4. The molecular weight excluding hydrogens is 338 g/mol. The fourth-order valence-electron chi connectivity index (χ4n) is 4.31. The molecule has 1 aromatic rings. The molecule has 1 aliphatic heterocycles. The largest absolute Gasteiger partial charge is 0.481 e. The maximum absolute atomic E-state index is 13.4. The van der Waals surface area contributed by atoms with Gasteiger partial charge in [-0.3, -0.25) is 9.59 Å². The smallest absolute Gasteiger partial charge is 0.313 e. The van der Waals surface area contributed by atoms with Crippen LogP contribution in [0.5, 0.6) is 0 Å². The lowest BCUT2D eigenvalue weighted by atomic mass is 9.79. The van der Waals surface area contributed by atoms with E-state index in [1.54, 1.807) is 18.2 Å². The first-order valence-corrected chi connectivity index (χ1v) is 9.57. The summed E-state index contributed by atoms with van der Waals surface area (Å²) in [6.45, 7) is 7.63. The average Bonchev–Trinajstić information content (AvgIpc) is 3.19. The molecule has 4 heteroatoms. The van der Waals surface area contributed by atoms with E-state index in [4.69, 9.17) is 0 Å². The molecule has 1 fully saturated rings. The zero-order chi connectivity index (χ0) is 19.6.